The van der Waals surface area contributed by atoms with Gasteiger partial charge in [-0.3, -0.25) is 0 Å². The van der Waals surface area contributed by atoms with Gasteiger partial charge in [-0.15, -0.1) is 0 Å². The molecule has 1 aromatic carbocycles. The second-order valence-corrected chi connectivity index (χ2v) is 8.09. The summed E-state index contributed by atoms with van der Waals surface area (Å²) >= 11 is 0. The van der Waals surface area contributed by atoms with Crippen molar-refractivity contribution in [3.8, 4) is 5.75 Å². The summed E-state index contributed by atoms with van der Waals surface area (Å²) in [5.74, 6) is 1.85. The Morgan fingerprint density at radius 3 is 2.23 bits per heavy atom. The van der Waals surface area contributed by atoms with Gasteiger partial charge < -0.3 is 29.7 Å². The first-order valence-corrected chi connectivity index (χ1v) is 10.5. The minimum absolute atomic E-state index is 0.171. The Bertz CT molecular complexity index is 975. The highest BCUT2D eigenvalue weighted by atomic mass is 16.5. The Kier molecular flexibility index (Phi) is 7.29. The number of aromatic nitrogens is 4. The fraction of sp³-hybridized carbons (Fsp3) is 0.500. The molecule has 0 radical (unpaired) electrons. The SMILES string of the molecule is COc1ccc(CNc2nc(N(CC(C)O)CC(C)O)nc3c2ncn3C(C)C)cc1. The fourth-order valence-corrected chi connectivity index (χ4v) is 3.35. The van der Waals surface area contributed by atoms with Crippen LogP contribution >= 0.6 is 0 Å². The van der Waals surface area contributed by atoms with E-state index in [1.54, 1.807) is 32.2 Å². The standard InChI is InChI=1S/C22H32N6O3/c1-14(2)28-13-24-19-20(23-10-17-6-8-18(31-5)9-7-17)25-22(26-21(19)28)27(11-15(3)29)12-16(4)30/h6-9,13-16,29-30H,10-12H2,1-5H3,(H,23,25,26). The van der Waals surface area contributed by atoms with Crippen LogP contribution in [0.1, 0.15) is 39.3 Å². The van der Waals surface area contributed by atoms with E-state index in [2.05, 4.69) is 24.1 Å². The second-order valence-electron chi connectivity index (χ2n) is 8.09. The van der Waals surface area contributed by atoms with Crippen molar-refractivity contribution in [2.45, 2.75) is 52.5 Å². The van der Waals surface area contributed by atoms with E-state index in [-0.39, 0.29) is 6.04 Å². The molecule has 3 rings (SSSR count). The van der Waals surface area contributed by atoms with Gasteiger partial charge in [-0.05, 0) is 45.4 Å². The van der Waals surface area contributed by atoms with E-state index >= 15 is 0 Å². The van der Waals surface area contributed by atoms with Crippen LogP contribution in [-0.4, -0.2) is 62.1 Å². The maximum absolute atomic E-state index is 9.95. The topological polar surface area (TPSA) is 109 Å². The highest BCUT2D eigenvalue weighted by Gasteiger charge is 2.20. The van der Waals surface area contributed by atoms with E-state index in [4.69, 9.17) is 14.7 Å². The molecule has 0 amide bonds. The van der Waals surface area contributed by atoms with Gasteiger partial charge in [0.1, 0.15) is 5.75 Å². The first kappa shape index (κ1) is 22.8. The molecule has 9 nitrogen and oxygen atoms in total. The van der Waals surface area contributed by atoms with Crippen molar-refractivity contribution in [1.29, 1.82) is 0 Å². The Morgan fingerprint density at radius 2 is 1.68 bits per heavy atom. The molecule has 0 bridgehead atoms. The van der Waals surface area contributed by atoms with Crippen LogP contribution in [0, 0.1) is 0 Å². The highest BCUT2D eigenvalue weighted by Crippen LogP contribution is 2.26. The number of imidazole rings is 1. The Labute approximate surface area is 182 Å². The van der Waals surface area contributed by atoms with Crippen LogP contribution in [0.25, 0.3) is 11.2 Å². The summed E-state index contributed by atoms with van der Waals surface area (Å²) in [6, 6.07) is 7.98. The number of ether oxygens (including phenoxy) is 1. The monoisotopic (exact) mass is 428 g/mol. The minimum Gasteiger partial charge on any atom is -0.497 e. The quantitative estimate of drug-likeness (QED) is 0.452. The molecule has 0 aliphatic carbocycles. The maximum atomic E-state index is 9.95. The lowest BCUT2D eigenvalue weighted by molar-refractivity contribution is 0.177. The van der Waals surface area contributed by atoms with E-state index in [1.165, 1.54) is 0 Å². The number of methoxy groups -OCH3 is 1. The Morgan fingerprint density at radius 1 is 1.03 bits per heavy atom. The number of nitrogens with zero attached hydrogens (tertiary/aromatic N) is 5. The van der Waals surface area contributed by atoms with Gasteiger partial charge in [-0.25, -0.2) is 4.98 Å². The summed E-state index contributed by atoms with van der Waals surface area (Å²) in [5.41, 5.74) is 2.46. The summed E-state index contributed by atoms with van der Waals surface area (Å²) in [4.78, 5) is 15.8. The molecule has 9 heteroatoms. The van der Waals surface area contributed by atoms with Crippen LogP contribution in [0.2, 0.25) is 0 Å². The number of hydrogen-bond acceptors (Lipinski definition) is 8. The molecule has 2 unspecified atom stereocenters. The molecule has 0 spiro atoms. The number of fused-ring (bicyclic) bond motifs is 1. The first-order chi connectivity index (χ1) is 14.8. The van der Waals surface area contributed by atoms with Crippen LogP contribution in [-0.2, 0) is 6.54 Å². The van der Waals surface area contributed by atoms with Gasteiger partial charge in [0.15, 0.2) is 17.0 Å². The molecular formula is C22H32N6O3. The van der Waals surface area contributed by atoms with E-state index in [0.717, 1.165) is 11.3 Å². The van der Waals surface area contributed by atoms with E-state index < -0.39 is 12.2 Å². The molecule has 2 heterocycles. The molecule has 2 aromatic heterocycles. The summed E-state index contributed by atoms with van der Waals surface area (Å²) in [5, 5.41) is 23.3. The lowest BCUT2D eigenvalue weighted by Gasteiger charge is -2.26. The van der Waals surface area contributed by atoms with Crippen LogP contribution < -0.4 is 15.0 Å². The zero-order valence-corrected chi connectivity index (χ0v) is 18.8. The maximum Gasteiger partial charge on any atom is 0.229 e. The first-order valence-electron chi connectivity index (χ1n) is 10.5. The molecule has 3 aromatic rings. The second kappa shape index (κ2) is 9.93. The highest BCUT2D eigenvalue weighted by molar-refractivity contribution is 5.84. The summed E-state index contributed by atoms with van der Waals surface area (Å²) in [6.07, 6.45) is 0.576. The van der Waals surface area contributed by atoms with Gasteiger partial charge in [-0.2, -0.15) is 9.97 Å². The number of anilines is 2. The fourth-order valence-electron chi connectivity index (χ4n) is 3.35. The number of rotatable bonds is 10. The number of aliphatic hydroxyl groups is 2. The molecule has 0 fully saturated rings. The third kappa shape index (κ3) is 5.62. The van der Waals surface area contributed by atoms with Crippen molar-refractivity contribution in [2.24, 2.45) is 0 Å². The van der Waals surface area contributed by atoms with Crippen molar-refractivity contribution in [1.82, 2.24) is 19.5 Å². The summed E-state index contributed by atoms with van der Waals surface area (Å²) in [6.45, 7) is 8.71. The predicted octanol–water partition coefficient (Wildman–Crippen LogP) is 2.60. The molecule has 0 aliphatic rings. The molecule has 168 valence electrons. The van der Waals surface area contributed by atoms with Gasteiger partial charge in [0.2, 0.25) is 5.95 Å². The molecule has 31 heavy (non-hydrogen) atoms. The third-order valence-corrected chi connectivity index (χ3v) is 4.84. The lowest BCUT2D eigenvalue weighted by atomic mass is 10.2. The number of nitrogens with one attached hydrogen (secondary N) is 1. The number of hydrogen-bond donors (Lipinski definition) is 3. The van der Waals surface area contributed by atoms with Gasteiger partial charge in [0.05, 0.1) is 25.6 Å². The lowest BCUT2D eigenvalue weighted by Crippen LogP contribution is -2.37. The molecule has 2 atom stereocenters. The predicted molar refractivity (Wildman–Crippen MR) is 122 cm³/mol. The normalized spacial score (nSPS) is 13.4. The minimum atomic E-state index is -0.594. The van der Waals surface area contributed by atoms with Crippen molar-refractivity contribution >= 4 is 22.9 Å². The van der Waals surface area contributed by atoms with Crippen molar-refractivity contribution in [3.05, 3.63) is 36.2 Å². The number of benzene rings is 1. The molecule has 0 saturated carbocycles. The average Bonchev–Trinajstić information content (AvgIpc) is 3.15. The van der Waals surface area contributed by atoms with Gasteiger partial charge in [0, 0.05) is 25.7 Å². The Hall–Kier alpha value is -2.91. The molecule has 3 N–H and O–H groups in total. The van der Waals surface area contributed by atoms with Crippen molar-refractivity contribution in [2.75, 3.05) is 30.4 Å². The van der Waals surface area contributed by atoms with Crippen molar-refractivity contribution < 1.29 is 14.9 Å². The van der Waals surface area contributed by atoms with E-state index in [0.29, 0.717) is 42.6 Å². The third-order valence-electron chi connectivity index (χ3n) is 4.84. The van der Waals surface area contributed by atoms with E-state index in [1.807, 2.05) is 28.8 Å². The smallest absolute Gasteiger partial charge is 0.229 e. The number of aliphatic hydroxyl groups excluding tert-OH is 2. The van der Waals surface area contributed by atoms with Crippen LogP contribution in [0.3, 0.4) is 0 Å². The molecule has 0 aliphatic heterocycles. The Balaban J connectivity index is 1.99. The summed E-state index contributed by atoms with van der Waals surface area (Å²) < 4.78 is 7.21. The van der Waals surface area contributed by atoms with Crippen LogP contribution in [0.4, 0.5) is 11.8 Å². The zero-order chi connectivity index (χ0) is 22.5. The van der Waals surface area contributed by atoms with Crippen LogP contribution in [0.15, 0.2) is 30.6 Å². The average molecular weight is 429 g/mol. The summed E-state index contributed by atoms with van der Waals surface area (Å²) in [7, 11) is 1.64. The van der Waals surface area contributed by atoms with Gasteiger partial charge >= 0.3 is 0 Å². The van der Waals surface area contributed by atoms with Gasteiger partial charge in [0.25, 0.3) is 0 Å². The molecular weight excluding hydrogens is 396 g/mol. The zero-order valence-electron chi connectivity index (χ0n) is 18.8. The van der Waals surface area contributed by atoms with Crippen molar-refractivity contribution in [3.63, 3.8) is 0 Å². The molecule has 0 saturated heterocycles. The van der Waals surface area contributed by atoms with E-state index in [9.17, 15) is 10.2 Å². The largest absolute Gasteiger partial charge is 0.497 e. The van der Waals surface area contributed by atoms with Gasteiger partial charge in [-0.1, -0.05) is 12.1 Å². The van der Waals surface area contributed by atoms with Crippen LogP contribution in [0.5, 0.6) is 5.75 Å².